The summed E-state index contributed by atoms with van der Waals surface area (Å²) < 4.78 is 78.5. The van der Waals surface area contributed by atoms with Crippen LogP contribution in [0.5, 0.6) is 5.75 Å². The lowest BCUT2D eigenvalue weighted by molar-refractivity contribution is -0.393. The Kier molecular flexibility index (Phi) is 17.1. The molecule has 3 aliphatic rings. The van der Waals surface area contributed by atoms with E-state index in [0.29, 0.717) is 0 Å². The molecule has 3 heterocycles. The first-order valence-electron chi connectivity index (χ1n) is 22.3. The molecule has 11 atom stereocenters. The Morgan fingerprint density at radius 1 is 0.606 bits per heavy atom. The molecule has 0 aliphatic carbocycles. The molecule has 348 valence electrons. The van der Waals surface area contributed by atoms with Crippen molar-refractivity contribution in [2.75, 3.05) is 26.9 Å². The Labute approximate surface area is 386 Å². The minimum Gasteiger partial charge on any atom is -0.497 e. The summed E-state index contributed by atoms with van der Waals surface area (Å²) in [7, 11) is 1.62. The Morgan fingerprint density at radius 2 is 1.17 bits per heavy atom. The second-order valence-corrected chi connectivity index (χ2v) is 16.2. The molecule has 0 bridgehead atoms. The summed E-state index contributed by atoms with van der Waals surface area (Å²) in [6.07, 6.45) is -8.20. The van der Waals surface area contributed by atoms with E-state index in [1.54, 1.807) is 13.2 Å². The van der Waals surface area contributed by atoms with Crippen molar-refractivity contribution in [1.29, 1.82) is 0 Å². The summed E-state index contributed by atoms with van der Waals surface area (Å²) >= 11 is 0. The van der Waals surface area contributed by atoms with Crippen LogP contribution in [-0.2, 0) is 83.3 Å². The van der Waals surface area contributed by atoms with Gasteiger partial charge in [-0.1, -0.05) is 140 Å². The van der Waals surface area contributed by atoms with Gasteiger partial charge in [0.1, 0.15) is 48.5 Å². The second kappa shape index (κ2) is 23.9. The molecule has 5 aromatic carbocycles. The van der Waals surface area contributed by atoms with Crippen LogP contribution >= 0.6 is 0 Å². The van der Waals surface area contributed by atoms with E-state index >= 15 is 0 Å². The molecule has 8 rings (SSSR count). The molecule has 0 amide bonds. The number of esters is 1. The predicted octanol–water partition coefficient (Wildman–Crippen LogP) is 8.05. The first kappa shape index (κ1) is 47.2. The standard InChI is InChI=1S/C53H58O13/c1-4-29-57-52-49(60-33-39-21-13-7-14-22-39)47(58-31-37-17-9-5-10-18-37)45(43(63-52)34-56-30-40-25-27-42(55-3)28-26-40)66-53-50(62-36(2)54)48(59-32-38-19-11-6-12-20-38)46-44(64-53)35-61-51(65-46)41-23-15-8-16-24-41/h4-28,43-53H,1,29-35H2,2-3H3/t43-,44-,45-,46-,47+,48+,49-,50+,51-,52-,53+/m1/s1. The van der Waals surface area contributed by atoms with Crippen molar-refractivity contribution >= 4 is 5.97 Å². The van der Waals surface area contributed by atoms with Crippen LogP contribution in [0.1, 0.15) is 41.0 Å². The first-order chi connectivity index (χ1) is 32.4. The van der Waals surface area contributed by atoms with Crippen molar-refractivity contribution < 1.29 is 61.6 Å². The van der Waals surface area contributed by atoms with E-state index in [1.165, 1.54) is 6.92 Å². The van der Waals surface area contributed by atoms with Crippen LogP contribution < -0.4 is 4.74 Å². The van der Waals surface area contributed by atoms with Crippen LogP contribution in [0.25, 0.3) is 0 Å². The number of rotatable bonds is 21. The van der Waals surface area contributed by atoms with E-state index in [9.17, 15) is 4.79 Å². The lowest BCUT2D eigenvalue weighted by Gasteiger charge is -2.51. The maximum atomic E-state index is 13.2. The second-order valence-electron chi connectivity index (χ2n) is 16.2. The van der Waals surface area contributed by atoms with E-state index in [1.807, 2.05) is 146 Å². The Balaban J connectivity index is 1.15. The van der Waals surface area contributed by atoms with Crippen molar-refractivity contribution in [3.05, 3.63) is 186 Å². The van der Waals surface area contributed by atoms with Gasteiger partial charge in [-0.2, -0.15) is 0 Å². The molecule has 0 aromatic heterocycles. The van der Waals surface area contributed by atoms with Gasteiger partial charge in [-0.3, -0.25) is 4.79 Å². The molecule has 3 fully saturated rings. The number of carbonyl (C=O) groups is 1. The maximum Gasteiger partial charge on any atom is 0.303 e. The van der Waals surface area contributed by atoms with Crippen LogP contribution in [0.15, 0.2) is 158 Å². The smallest absolute Gasteiger partial charge is 0.303 e. The molecule has 3 saturated heterocycles. The quantitative estimate of drug-likeness (QED) is 0.0521. The third-order valence-electron chi connectivity index (χ3n) is 11.5. The monoisotopic (exact) mass is 902 g/mol. The van der Waals surface area contributed by atoms with Crippen LogP contribution in [0.4, 0.5) is 0 Å². The zero-order chi connectivity index (χ0) is 45.5. The van der Waals surface area contributed by atoms with Gasteiger partial charge in [0.2, 0.25) is 0 Å². The molecule has 13 heteroatoms. The van der Waals surface area contributed by atoms with Gasteiger partial charge in [0.15, 0.2) is 25.0 Å². The van der Waals surface area contributed by atoms with Crippen LogP contribution in [-0.4, -0.2) is 94.3 Å². The zero-order valence-electron chi connectivity index (χ0n) is 37.2. The summed E-state index contributed by atoms with van der Waals surface area (Å²) in [6, 6.07) is 46.7. The van der Waals surface area contributed by atoms with Crippen LogP contribution in [0.2, 0.25) is 0 Å². The van der Waals surface area contributed by atoms with E-state index in [0.717, 1.165) is 33.6 Å². The molecule has 5 aromatic rings. The number of hydrogen-bond donors (Lipinski definition) is 0. The van der Waals surface area contributed by atoms with Crippen molar-refractivity contribution in [3.63, 3.8) is 0 Å². The number of benzene rings is 5. The number of methoxy groups -OCH3 is 1. The first-order valence-corrected chi connectivity index (χ1v) is 22.3. The van der Waals surface area contributed by atoms with Gasteiger partial charge in [0, 0.05) is 12.5 Å². The fourth-order valence-corrected chi connectivity index (χ4v) is 8.25. The van der Waals surface area contributed by atoms with Gasteiger partial charge in [-0.25, -0.2) is 0 Å². The maximum absolute atomic E-state index is 13.2. The molecule has 0 radical (unpaired) electrons. The fraction of sp³-hybridized carbons (Fsp3) is 0.377. The van der Waals surface area contributed by atoms with E-state index in [-0.39, 0.29) is 46.2 Å². The van der Waals surface area contributed by atoms with Gasteiger partial charge < -0.3 is 56.8 Å². The molecule has 66 heavy (non-hydrogen) atoms. The zero-order valence-corrected chi connectivity index (χ0v) is 37.2. The number of ether oxygens (including phenoxy) is 12. The highest BCUT2D eigenvalue weighted by atomic mass is 16.8. The summed E-state index contributed by atoms with van der Waals surface area (Å²) in [5, 5.41) is 0. The van der Waals surface area contributed by atoms with Gasteiger partial charge in [-0.05, 0) is 34.4 Å². The Morgan fingerprint density at radius 3 is 1.74 bits per heavy atom. The molecule has 0 spiro atoms. The van der Waals surface area contributed by atoms with Gasteiger partial charge in [0.05, 0.1) is 53.4 Å². The molecule has 0 N–H and O–H groups in total. The minimum absolute atomic E-state index is 0.0389. The molecule has 0 unspecified atom stereocenters. The summed E-state index contributed by atoms with van der Waals surface area (Å²) in [6.45, 7) is 6.42. The highest BCUT2D eigenvalue weighted by Gasteiger charge is 2.56. The lowest BCUT2D eigenvalue weighted by Crippen LogP contribution is -2.67. The topological polar surface area (TPSA) is 128 Å². The van der Waals surface area contributed by atoms with Crippen molar-refractivity contribution in [1.82, 2.24) is 0 Å². The molecule has 13 nitrogen and oxygen atoms in total. The van der Waals surface area contributed by atoms with E-state index in [2.05, 4.69) is 6.58 Å². The molecular weight excluding hydrogens is 845 g/mol. The van der Waals surface area contributed by atoms with E-state index < -0.39 is 73.7 Å². The molecular formula is C53H58O13. The van der Waals surface area contributed by atoms with Gasteiger partial charge in [-0.15, -0.1) is 6.58 Å². The Hall–Kier alpha value is -5.29. The average Bonchev–Trinajstić information content (AvgIpc) is 3.36. The van der Waals surface area contributed by atoms with Crippen molar-refractivity contribution in [3.8, 4) is 5.75 Å². The average molecular weight is 903 g/mol. The molecule has 3 aliphatic heterocycles. The third kappa shape index (κ3) is 12.6. The third-order valence-corrected chi connectivity index (χ3v) is 11.5. The molecule has 0 saturated carbocycles. The summed E-state index contributed by atoms with van der Waals surface area (Å²) in [5.41, 5.74) is 4.52. The summed E-state index contributed by atoms with van der Waals surface area (Å²) in [4.78, 5) is 13.2. The highest BCUT2D eigenvalue weighted by molar-refractivity contribution is 5.66. The number of carbonyl (C=O) groups excluding carboxylic acids is 1. The lowest BCUT2D eigenvalue weighted by atomic mass is 9.95. The number of hydrogen-bond acceptors (Lipinski definition) is 13. The number of fused-ring (bicyclic) bond motifs is 1. The van der Waals surface area contributed by atoms with Crippen LogP contribution in [0.3, 0.4) is 0 Å². The van der Waals surface area contributed by atoms with Crippen LogP contribution in [0, 0.1) is 0 Å². The minimum atomic E-state index is -1.24. The summed E-state index contributed by atoms with van der Waals surface area (Å²) in [5.74, 6) is 0.172. The normalized spacial score (nSPS) is 27.3. The largest absolute Gasteiger partial charge is 0.497 e. The Bertz CT molecular complexity index is 2200. The van der Waals surface area contributed by atoms with Crippen molar-refractivity contribution in [2.45, 2.75) is 101 Å². The van der Waals surface area contributed by atoms with E-state index in [4.69, 9.17) is 56.8 Å². The van der Waals surface area contributed by atoms with Gasteiger partial charge >= 0.3 is 5.97 Å². The van der Waals surface area contributed by atoms with Crippen molar-refractivity contribution in [2.24, 2.45) is 0 Å². The predicted molar refractivity (Wildman–Crippen MR) is 242 cm³/mol. The highest BCUT2D eigenvalue weighted by Crippen LogP contribution is 2.40. The van der Waals surface area contributed by atoms with Gasteiger partial charge in [0.25, 0.3) is 0 Å². The fourth-order valence-electron chi connectivity index (χ4n) is 8.25. The SMILES string of the molecule is C=CCO[C@@H]1O[C@H](COCc2ccc(OC)cc2)[C@@H](O[C@@H]2O[C@@H]3CO[C@@H](c4ccccc4)O[C@H]3[C@H](OCc3ccccc3)[C@@H]2OC(C)=O)[C@H](OCc2ccccc2)[C@H]1OCc1ccccc1.